The van der Waals surface area contributed by atoms with E-state index in [0.717, 1.165) is 50.7 Å². The Morgan fingerprint density at radius 2 is 2.15 bits per heavy atom. The molecule has 8 heteroatoms. The molecular formula is C18H32N6O2. The van der Waals surface area contributed by atoms with Gasteiger partial charge in [-0.05, 0) is 39.0 Å². The quantitative estimate of drug-likeness (QED) is 0.284. The van der Waals surface area contributed by atoms with E-state index >= 15 is 0 Å². The van der Waals surface area contributed by atoms with Gasteiger partial charge in [-0.3, -0.25) is 9.79 Å². The van der Waals surface area contributed by atoms with E-state index in [1.165, 1.54) is 12.8 Å². The zero-order valence-electron chi connectivity index (χ0n) is 16.0. The second-order valence-electron chi connectivity index (χ2n) is 6.48. The number of aromatic nitrogens is 3. The predicted molar refractivity (Wildman–Crippen MR) is 101 cm³/mol. The van der Waals surface area contributed by atoms with Crippen molar-refractivity contribution in [2.24, 2.45) is 4.99 Å². The zero-order valence-corrected chi connectivity index (χ0v) is 16.0. The van der Waals surface area contributed by atoms with Gasteiger partial charge in [0.25, 0.3) is 0 Å². The van der Waals surface area contributed by atoms with Crippen molar-refractivity contribution in [2.45, 2.75) is 71.4 Å². The molecule has 0 aromatic carbocycles. The number of ether oxygens (including phenoxy) is 1. The fourth-order valence-electron chi connectivity index (χ4n) is 3.04. The zero-order chi connectivity index (χ0) is 18.6. The standard InChI is InChI=1S/C18H32N6O2/c1-3-16-23-22-14-24(16)13-12-21-18(19-4-2)20-11-7-10-17(25)26-15-8-5-6-9-15/h14-15H,3-13H2,1-2H3,(H2,19,20,21). The molecule has 1 aromatic rings. The first kappa shape index (κ1) is 20.2. The molecule has 1 heterocycles. The molecular weight excluding hydrogens is 332 g/mol. The molecule has 2 N–H and O–H groups in total. The molecule has 0 amide bonds. The number of esters is 1. The Labute approximate surface area is 155 Å². The van der Waals surface area contributed by atoms with Crippen molar-refractivity contribution in [3.63, 3.8) is 0 Å². The number of aryl methyl sites for hydroxylation is 1. The first-order valence-corrected chi connectivity index (χ1v) is 9.81. The molecule has 8 nitrogen and oxygen atoms in total. The van der Waals surface area contributed by atoms with Crippen LogP contribution in [0.4, 0.5) is 0 Å². The van der Waals surface area contributed by atoms with Gasteiger partial charge in [-0.25, -0.2) is 0 Å². The van der Waals surface area contributed by atoms with E-state index in [1.54, 1.807) is 6.33 Å². The van der Waals surface area contributed by atoms with Crippen molar-refractivity contribution >= 4 is 11.9 Å². The highest BCUT2D eigenvalue weighted by molar-refractivity contribution is 5.79. The number of hydrogen-bond acceptors (Lipinski definition) is 5. The molecule has 0 atom stereocenters. The highest BCUT2D eigenvalue weighted by Crippen LogP contribution is 2.21. The number of nitrogens with zero attached hydrogens (tertiary/aromatic N) is 4. The summed E-state index contributed by atoms with van der Waals surface area (Å²) >= 11 is 0. The fourth-order valence-corrected chi connectivity index (χ4v) is 3.04. The van der Waals surface area contributed by atoms with Gasteiger partial charge in [0.2, 0.25) is 0 Å². The number of hydrogen-bond donors (Lipinski definition) is 2. The Bertz CT molecular complexity index is 566. The van der Waals surface area contributed by atoms with Gasteiger partial charge in [-0.15, -0.1) is 10.2 Å². The monoisotopic (exact) mass is 364 g/mol. The molecule has 146 valence electrons. The smallest absolute Gasteiger partial charge is 0.306 e. The Morgan fingerprint density at radius 1 is 1.35 bits per heavy atom. The summed E-state index contributed by atoms with van der Waals surface area (Å²) in [5, 5.41) is 14.5. The second kappa shape index (κ2) is 11.5. The average molecular weight is 364 g/mol. The summed E-state index contributed by atoms with van der Waals surface area (Å²) in [5.74, 6) is 1.65. The van der Waals surface area contributed by atoms with Crippen LogP contribution in [0, 0.1) is 0 Å². The van der Waals surface area contributed by atoms with Gasteiger partial charge < -0.3 is 19.9 Å². The molecule has 0 saturated heterocycles. The fraction of sp³-hybridized carbons (Fsp3) is 0.778. The lowest BCUT2D eigenvalue weighted by molar-refractivity contribution is -0.148. The summed E-state index contributed by atoms with van der Waals surface area (Å²) in [4.78, 5) is 16.3. The molecule has 0 bridgehead atoms. The van der Waals surface area contributed by atoms with E-state index in [2.05, 4.69) is 32.7 Å². The van der Waals surface area contributed by atoms with Gasteiger partial charge >= 0.3 is 5.97 Å². The normalized spacial score (nSPS) is 15.2. The lowest BCUT2D eigenvalue weighted by atomic mass is 10.3. The summed E-state index contributed by atoms with van der Waals surface area (Å²) in [6, 6.07) is 0. The number of nitrogens with one attached hydrogen (secondary N) is 2. The Morgan fingerprint density at radius 3 is 2.88 bits per heavy atom. The summed E-state index contributed by atoms with van der Waals surface area (Å²) in [6.45, 7) is 7.02. The van der Waals surface area contributed by atoms with E-state index in [0.29, 0.717) is 19.4 Å². The maximum atomic E-state index is 11.8. The van der Waals surface area contributed by atoms with Crippen LogP contribution in [0.15, 0.2) is 11.3 Å². The van der Waals surface area contributed by atoms with E-state index in [9.17, 15) is 4.79 Å². The third-order valence-corrected chi connectivity index (χ3v) is 4.41. The Hall–Kier alpha value is -2.12. The number of carbonyl (C=O) groups excluding carboxylic acids is 1. The Kier molecular flexibility index (Phi) is 8.92. The topological polar surface area (TPSA) is 93.4 Å². The van der Waals surface area contributed by atoms with Crippen LogP contribution in [-0.4, -0.2) is 52.4 Å². The van der Waals surface area contributed by atoms with E-state index in [1.807, 2.05) is 11.5 Å². The highest BCUT2D eigenvalue weighted by Gasteiger charge is 2.18. The van der Waals surface area contributed by atoms with Crippen LogP contribution >= 0.6 is 0 Å². The van der Waals surface area contributed by atoms with Gasteiger partial charge in [-0.2, -0.15) is 0 Å². The van der Waals surface area contributed by atoms with Crippen molar-refractivity contribution in [2.75, 3.05) is 19.6 Å². The van der Waals surface area contributed by atoms with Crippen LogP contribution in [0.25, 0.3) is 0 Å². The lowest BCUT2D eigenvalue weighted by Crippen LogP contribution is -2.39. The second-order valence-corrected chi connectivity index (χ2v) is 6.48. The van der Waals surface area contributed by atoms with Gasteiger partial charge in [0.1, 0.15) is 18.3 Å². The highest BCUT2D eigenvalue weighted by atomic mass is 16.5. The number of carbonyl (C=O) groups is 1. The minimum absolute atomic E-state index is 0.0928. The van der Waals surface area contributed by atoms with E-state index < -0.39 is 0 Å². The van der Waals surface area contributed by atoms with Crippen molar-refractivity contribution in [1.29, 1.82) is 0 Å². The molecule has 0 aliphatic heterocycles. The van der Waals surface area contributed by atoms with Crippen LogP contribution in [0.2, 0.25) is 0 Å². The first-order chi connectivity index (χ1) is 12.7. The lowest BCUT2D eigenvalue weighted by Gasteiger charge is -2.12. The third kappa shape index (κ3) is 7.01. The first-order valence-electron chi connectivity index (χ1n) is 9.81. The minimum Gasteiger partial charge on any atom is -0.462 e. The maximum absolute atomic E-state index is 11.8. The van der Waals surface area contributed by atoms with Crippen LogP contribution < -0.4 is 10.6 Å². The van der Waals surface area contributed by atoms with Gasteiger partial charge in [0.05, 0.1) is 0 Å². The van der Waals surface area contributed by atoms with Crippen molar-refractivity contribution < 1.29 is 9.53 Å². The van der Waals surface area contributed by atoms with Crippen molar-refractivity contribution in [3.05, 3.63) is 12.2 Å². The van der Waals surface area contributed by atoms with Gasteiger partial charge in [0, 0.05) is 39.0 Å². The average Bonchev–Trinajstić information content (AvgIpc) is 3.30. The predicted octanol–water partition coefficient (Wildman–Crippen LogP) is 1.66. The number of guanidine groups is 1. The molecule has 0 unspecified atom stereocenters. The molecule has 0 radical (unpaired) electrons. The van der Waals surface area contributed by atoms with Gasteiger partial charge in [0.15, 0.2) is 5.96 Å². The molecule has 1 aromatic heterocycles. The maximum Gasteiger partial charge on any atom is 0.306 e. The summed E-state index contributed by atoms with van der Waals surface area (Å²) in [5.41, 5.74) is 0. The number of rotatable bonds is 10. The summed E-state index contributed by atoms with van der Waals surface area (Å²) in [6.07, 6.45) is 8.29. The van der Waals surface area contributed by atoms with E-state index in [4.69, 9.17) is 4.74 Å². The largest absolute Gasteiger partial charge is 0.462 e. The van der Waals surface area contributed by atoms with Crippen molar-refractivity contribution in [3.8, 4) is 0 Å². The minimum atomic E-state index is -0.0928. The van der Waals surface area contributed by atoms with Gasteiger partial charge in [-0.1, -0.05) is 6.92 Å². The summed E-state index contributed by atoms with van der Waals surface area (Å²) in [7, 11) is 0. The van der Waals surface area contributed by atoms with Crippen LogP contribution in [-0.2, 0) is 22.5 Å². The van der Waals surface area contributed by atoms with E-state index in [-0.39, 0.29) is 12.1 Å². The van der Waals surface area contributed by atoms with Crippen LogP contribution in [0.1, 0.15) is 58.2 Å². The molecule has 2 rings (SSSR count). The molecule has 26 heavy (non-hydrogen) atoms. The van der Waals surface area contributed by atoms with Crippen LogP contribution in [0.3, 0.4) is 0 Å². The molecule has 1 aliphatic carbocycles. The third-order valence-electron chi connectivity index (χ3n) is 4.41. The SMILES string of the molecule is CCNC(=NCCCC(=O)OC1CCCC1)NCCn1cnnc1CC. The Balaban J connectivity index is 1.65. The molecule has 0 spiro atoms. The van der Waals surface area contributed by atoms with Crippen LogP contribution in [0.5, 0.6) is 0 Å². The molecule has 1 saturated carbocycles. The molecule has 1 fully saturated rings. The van der Waals surface area contributed by atoms with Crippen molar-refractivity contribution in [1.82, 2.24) is 25.4 Å². The molecule has 1 aliphatic rings. The number of aliphatic imine (C=N–C) groups is 1. The summed E-state index contributed by atoms with van der Waals surface area (Å²) < 4.78 is 7.50.